The van der Waals surface area contributed by atoms with Crippen LogP contribution < -0.4 is 10.0 Å². The van der Waals surface area contributed by atoms with Gasteiger partial charge in [-0.2, -0.15) is 4.98 Å². The van der Waals surface area contributed by atoms with Crippen molar-refractivity contribution in [2.75, 3.05) is 13.1 Å². The lowest BCUT2D eigenvalue weighted by Crippen LogP contribution is -2.40. The molecule has 2 rings (SSSR count). The first kappa shape index (κ1) is 15.4. The van der Waals surface area contributed by atoms with Crippen molar-refractivity contribution in [3.63, 3.8) is 0 Å². The van der Waals surface area contributed by atoms with Crippen LogP contribution in [0.3, 0.4) is 0 Å². The summed E-state index contributed by atoms with van der Waals surface area (Å²) in [5.74, 6) is 1.32. The van der Waals surface area contributed by atoms with Gasteiger partial charge in [-0.1, -0.05) is 12.1 Å². The van der Waals surface area contributed by atoms with Gasteiger partial charge in [0.1, 0.15) is 0 Å². The summed E-state index contributed by atoms with van der Waals surface area (Å²) < 4.78 is 31.0. The van der Waals surface area contributed by atoms with E-state index in [9.17, 15) is 8.42 Å². The highest BCUT2D eigenvalue weighted by Gasteiger charge is 2.35. The molecule has 1 saturated carbocycles. The Morgan fingerprint density at radius 2 is 2.20 bits per heavy atom. The molecule has 20 heavy (non-hydrogen) atoms. The summed E-state index contributed by atoms with van der Waals surface area (Å²) in [5, 5.41) is 6.94. The van der Waals surface area contributed by atoms with Crippen molar-refractivity contribution in [2.24, 2.45) is 0 Å². The molecule has 0 radical (unpaired) electrons. The Hall–Kier alpha value is -0.990. The molecule has 0 saturated heterocycles. The van der Waals surface area contributed by atoms with E-state index in [4.69, 9.17) is 4.52 Å². The minimum Gasteiger partial charge on any atom is -0.339 e. The number of nitrogens with one attached hydrogen (secondary N) is 2. The molecule has 0 unspecified atom stereocenters. The normalized spacial score (nSPS) is 17.3. The van der Waals surface area contributed by atoms with Gasteiger partial charge in [0, 0.05) is 32.0 Å². The quantitative estimate of drug-likeness (QED) is 0.678. The van der Waals surface area contributed by atoms with Gasteiger partial charge in [-0.05, 0) is 19.8 Å². The summed E-state index contributed by atoms with van der Waals surface area (Å²) >= 11 is 0. The first-order valence-electron chi connectivity index (χ1n) is 7.04. The van der Waals surface area contributed by atoms with Crippen molar-refractivity contribution in [3.8, 4) is 0 Å². The van der Waals surface area contributed by atoms with Crippen LogP contribution in [0.25, 0.3) is 0 Å². The molecule has 0 amide bonds. The molecule has 1 fully saturated rings. The van der Waals surface area contributed by atoms with Crippen LogP contribution in [0, 0.1) is 0 Å². The Bertz CT molecular complexity index is 525. The van der Waals surface area contributed by atoms with E-state index in [1.165, 1.54) is 0 Å². The maximum Gasteiger partial charge on any atom is 0.226 e. The zero-order valence-electron chi connectivity index (χ0n) is 11.9. The second kappa shape index (κ2) is 6.64. The molecule has 0 spiro atoms. The Kier molecular flexibility index (Phi) is 5.11. The van der Waals surface area contributed by atoms with Crippen LogP contribution in [0.2, 0.25) is 0 Å². The molecule has 0 aliphatic heterocycles. The zero-order valence-corrected chi connectivity index (χ0v) is 12.7. The van der Waals surface area contributed by atoms with Crippen LogP contribution in [0.4, 0.5) is 0 Å². The zero-order chi connectivity index (χ0) is 14.6. The van der Waals surface area contributed by atoms with Crippen molar-refractivity contribution < 1.29 is 12.9 Å². The Balaban J connectivity index is 1.63. The first-order chi connectivity index (χ1) is 9.51. The third kappa shape index (κ3) is 4.53. The molecular formula is C12H22N4O3S. The lowest BCUT2D eigenvalue weighted by Gasteiger charge is -2.14. The van der Waals surface area contributed by atoms with E-state index in [2.05, 4.69) is 20.2 Å². The SMILES string of the molecule is CCc1nc(CCN[C@H](C)CNS(=O)(=O)C2CC2)no1. The molecule has 0 bridgehead atoms. The molecule has 1 aromatic heterocycles. The van der Waals surface area contributed by atoms with Gasteiger partial charge < -0.3 is 9.84 Å². The number of hydrogen-bond acceptors (Lipinski definition) is 6. The molecule has 1 aliphatic rings. The number of aromatic nitrogens is 2. The predicted molar refractivity (Wildman–Crippen MR) is 74.8 cm³/mol. The first-order valence-corrected chi connectivity index (χ1v) is 8.59. The summed E-state index contributed by atoms with van der Waals surface area (Å²) in [5.41, 5.74) is 0. The van der Waals surface area contributed by atoms with Crippen LogP contribution in [0.5, 0.6) is 0 Å². The van der Waals surface area contributed by atoms with E-state index in [1.807, 2.05) is 13.8 Å². The molecule has 2 N–H and O–H groups in total. The molecule has 8 heteroatoms. The summed E-state index contributed by atoms with van der Waals surface area (Å²) in [7, 11) is -3.09. The van der Waals surface area contributed by atoms with Crippen LogP contribution in [0.1, 0.15) is 38.4 Å². The summed E-state index contributed by atoms with van der Waals surface area (Å²) in [6.07, 6.45) is 2.98. The lowest BCUT2D eigenvalue weighted by molar-refractivity contribution is 0.376. The van der Waals surface area contributed by atoms with Crippen molar-refractivity contribution in [1.29, 1.82) is 0 Å². The predicted octanol–water partition coefficient (Wildman–Crippen LogP) is 0.234. The smallest absolute Gasteiger partial charge is 0.226 e. The second-order valence-electron chi connectivity index (χ2n) is 5.16. The highest BCUT2D eigenvalue weighted by atomic mass is 32.2. The Labute approximate surface area is 119 Å². The molecule has 0 aromatic carbocycles. The number of aryl methyl sites for hydroxylation is 1. The highest BCUT2D eigenvalue weighted by Crippen LogP contribution is 2.27. The number of hydrogen-bond donors (Lipinski definition) is 2. The van der Waals surface area contributed by atoms with Crippen LogP contribution >= 0.6 is 0 Å². The molecule has 1 aromatic rings. The van der Waals surface area contributed by atoms with E-state index < -0.39 is 10.0 Å². The van der Waals surface area contributed by atoms with Gasteiger partial charge in [0.25, 0.3) is 0 Å². The van der Waals surface area contributed by atoms with Gasteiger partial charge in [0.15, 0.2) is 5.82 Å². The van der Waals surface area contributed by atoms with Gasteiger partial charge in [-0.15, -0.1) is 0 Å². The lowest BCUT2D eigenvalue weighted by atomic mass is 10.3. The average Bonchev–Trinajstić information content (AvgIpc) is 3.18. The van der Waals surface area contributed by atoms with Crippen LogP contribution in [-0.2, 0) is 22.9 Å². The minimum absolute atomic E-state index is 0.0704. The van der Waals surface area contributed by atoms with Gasteiger partial charge in [0.2, 0.25) is 15.9 Å². The van der Waals surface area contributed by atoms with Crippen molar-refractivity contribution in [2.45, 2.75) is 50.8 Å². The van der Waals surface area contributed by atoms with E-state index in [0.29, 0.717) is 31.2 Å². The Morgan fingerprint density at radius 1 is 1.45 bits per heavy atom. The fourth-order valence-electron chi connectivity index (χ4n) is 1.78. The molecule has 1 heterocycles. The monoisotopic (exact) mass is 302 g/mol. The number of sulfonamides is 1. The van der Waals surface area contributed by atoms with E-state index >= 15 is 0 Å². The number of nitrogens with zero attached hydrogens (tertiary/aromatic N) is 2. The minimum atomic E-state index is -3.09. The largest absolute Gasteiger partial charge is 0.339 e. The molecule has 7 nitrogen and oxygen atoms in total. The summed E-state index contributed by atoms with van der Waals surface area (Å²) in [6.45, 7) is 5.01. The molecule has 1 atom stereocenters. The fourth-order valence-corrected chi connectivity index (χ4v) is 3.25. The van der Waals surface area contributed by atoms with E-state index in [1.54, 1.807) is 0 Å². The van der Waals surface area contributed by atoms with Crippen LogP contribution in [0.15, 0.2) is 4.52 Å². The third-order valence-electron chi connectivity index (χ3n) is 3.21. The van der Waals surface area contributed by atoms with Gasteiger partial charge >= 0.3 is 0 Å². The highest BCUT2D eigenvalue weighted by molar-refractivity contribution is 7.90. The van der Waals surface area contributed by atoms with Crippen LogP contribution in [-0.4, -0.2) is 42.9 Å². The van der Waals surface area contributed by atoms with Gasteiger partial charge in [-0.3, -0.25) is 0 Å². The third-order valence-corrected chi connectivity index (χ3v) is 5.13. The van der Waals surface area contributed by atoms with E-state index in [-0.39, 0.29) is 11.3 Å². The average molecular weight is 302 g/mol. The van der Waals surface area contributed by atoms with Gasteiger partial charge in [-0.25, -0.2) is 13.1 Å². The fraction of sp³-hybridized carbons (Fsp3) is 0.833. The summed E-state index contributed by atoms with van der Waals surface area (Å²) in [4.78, 5) is 4.21. The van der Waals surface area contributed by atoms with Gasteiger partial charge in [0.05, 0.1) is 5.25 Å². The van der Waals surface area contributed by atoms with Crippen molar-refractivity contribution >= 4 is 10.0 Å². The molecular weight excluding hydrogens is 280 g/mol. The Morgan fingerprint density at radius 3 is 2.80 bits per heavy atom. The maximum absolute atomic E-state index is 11.7. The van der Waals surface area contributed by atoms with Crippen molar-refractivity contribution in [3.05, 3.63) is 11.7 Å². The van der Waals surface area contributed by atoms with Crippen molar-refractivity contribution in [1.82, 2.24) is 20.2 Å². The maximum atomic E-state index is 11.7. The van der Waals surface area contributed by atoms with E-state index in [0.717, 1.165) is 19.3 Å². The second-order valence-corrected chi connectivity index (χ2v) is 7.20. The number of rotatable bonds is 9. The summed E-state index contributed by atoms with van der Waals surface area (Å²) in [6, 6.07) is 0.0704. The molecule has 1 aliphatic carbocycles. The topological polar surface area (TPSA) is 97.1 Å². The standard InChI is InChI=1S/C12H22N4O3S/c1-3-12-15-11(16-19-12)6-7-13-9(2)8-14-20(17,18)10-4-5-10/h9-10,13-14H,3-8H2,1-2H3/t9-/m1/s1. The molecule has 114 valence electrons.